The maximum atomic E-state index is 13.7. The van der Waals surface area contributed by atoms with Crippen molar-refractivity contribution in [1.82, 2.24) is 23.7 Å². The molecule has 0 spiro atoms. The number of aromatic nitrogens is 4. The van der Waals surface area contributed by atoms with Gasteiger partial charge in [0.2, 0.25) is 0 Å². The van der Waals surface area contributed by atoms with Crippen LogP contribution in [0.2, 0.25) is 0 Å². The van der Waals surface area contributed by atoms with E-state index in [-0.39, 0.29) is 48.9 Å². The number of hydrogen-bond acceptors (Lipinski definition) is 11. The number of amides is 2. The molecule has 0 saturated carbocycles. The maximum Gasteiger partial charge on any atom is 0.266 e. The van der Waals surface area contributed by atoms with Gasteiger partial charge in [0.15, 0.2) is 19.7 Å². The Morgan fingerprint density at radius 2 is 0.879 bits per heavy atom. The van der Waals surface area contributed by atoms with Crippen LogP contribution >= 0.6 is 0 Å². The summed E-state index contributed by atoms with van der Waals surface area (Å²) in [5, 5.41) is 0. The van der Waals surface area contributed by atoms with Crippen molar-refractivity contribution in [3.63, 3.8) is 0 Å². The number of imide groups is 1. The van der Waals surface area contributed by atoms with Crippen molar-refractivity contribution in [3.8, 4) is 22.3 Å². The molecule has 0 bridgehead atoms. The highest BCUT2D eigenvalue weighted by molar-refractivity contribution is 7.91. The van der Waals surface area contributed by atoms with E-state index in [4.69, 9.17) is 5.73 Å². The Labute approximate surface area is 332 Å². The van der Waals surface area contributed by atoms with Crippen LogP contribution < -0.4 is 16.9 Å². The van der Waals surface area contributed by atoms with Gasteiger partial charge in [0.25, 0.3) is 22.9 Å². The van der Waals surface area contributed by atoms with Gasteiger partial charge in [0, 0.05) is 42.1 Å². The van der Waals surface area contributed by atoms with Gasteiger partial charge in [-0.3, -0.25) is 32.9 Å². The molecule has 7 aromatic rings. The standard InChI is InChI=1S/C25H19N3O5S.C17H17N3O3S/c1-15(28-23(29)16-9-3-4-10-17(16)24(28)30)22-21(18-11-5-6-12-19(18)34(2,32)33)25(31)27-14-8-7-13-20(27)26-22;1-11(18)16-15(12-7-3-4-8-13(12)24(2,22)23)17(21)20-10-6-5-9-14(20)19-16/h3-15H,1-2H3;3-11H,18H2,1-2H3. The van der Waals surface area contributed by atoms with Crippen LogP contribution in [0.4, 0.5) is 0 Å². The van der Waals surface area contributed by atoms with Gasteiger partial charge in [-0.2, -0.15) is 0 Å². The van der Waals surface area contributed by atoms with E-state index in [1.807, 2.05) is 0 Å². The molecule has 1 aliphatic rings. The molecule has 5 heterocycles. The highest BCUT2D eigenvalue weighted by atomic mass is 32.2. The highest BCUT2D eigenvalue weighted by Crippen LogP contribution is 2.36. The third-order valence-electron chi connectivity index (χ3n) is 9.68. The maximum absolute atomic E-state index is 13.7. The van der Waals surface area contributed by atoms with Gasteiger partial charge in [-0.25, -0.2) is 26.8 Å². The number of nitrogens with zero attached hydrogens (tertiary/aromatic N) is 5. The summed E-state index contributed by atoms with van der Waals surface area (Å²) in [5.41, 5.74) is 7.74. The average molecular weight is 817 g/mol. The number of carbonyl (C=O) groups excluding carboxylic acids is 2. The van der Waals surface area contributed by atoms with Crippen molar-refractivity contribution < 1.29 is 26.4 Å². The smallest absolute Gasteiger partial charge is 0.266 e. The molecule has 16 heteroatoms. The molecular formula is C42H36N6O8S2. The predicted octanol–water partition coefficient (Wildman–Crippen LogP) is 4.91. The largest absolute Gasteiger partial charge is 0.323 e. The second-order valence-corrected chi connectivity index (χ2v) is 17.7. The molecular weight excluding hydrogens is 781 g/mol. The van der Waals surface area contributed by atoms with Gasteiger partial charge in [0.1, 0.15) is 11.3 Å². The third-order valence-corrected chi connectivity index (χ3v) is 12.0. The number of sulfone groups is 2. The Morgan fingerprint density at radius 1 is 0.517 bits per heavy atom. The van der Waals surface area contributed by atoms with Gasteiger partial charge in [-0.15, -0.1) is 0 Å². The summed E-state index contributed by atoms with van der Waals surface area (Å²) in [6.45, 7) is 3.32. The van der Waals surface area contributed by atoms with Crippen molar-refractivity contribution in [3.05, 3.63) is 165 Å². The number of carbonyl (C=O) groups is 2. The molecule has 2 N–H and O–H groups in total. The minimum atomic E-state index is -3.70. The third kappa shape index (κ3) is 7.01. The second kappa shape index (κ2) is 15.0. The molecule has 0 fully saturated rings. The van der Waals surface area contributed by atoms with Crippen LogP contribution in [0.1, 0.15) is 58.0 Å². The van der Waals surface area contributed by atoms with E-state index in [0.29, 0.717) is 22.6 Å². The minimum Gasteiger partial charge on any atom is -0.323 e. The monoisotopic (exact) mass is 816 g/mol. The van der Waals surface area contributed by atoms with Crippen LogP contribution in [0.25, 0.3) is 33.5 Å². The quantitative estimate of drug-likeness (QED) is 0.215. The van der Waals surface area contributed by atoms with E-state index in [2.05, 4.69) is 9.97 Å². The Balaban J connectivity index is 0.000000188. The lowest BCUT2D eigenvalue weighted by Crippen LogP contribution is -2.35. The molecule has 58 heavy (non-hydrogen) atoms. The fourth-order valence-corrected chi connectivity index (χ4v) is 8.82. The molecule has 0 saturated heterocycles. The molecule has 14 nitrogen and oxygen atoms in total. The zero-order valence-electron chi connectivity index (χ0n) is 31.6. The molecule has 294 valence electrons. The van der Waals surface area contributed by atoms with E-state index in [0.717, 1.165) is 17.4 Å². The van der Waals surface area contributed by atoms with Crippen molar-refractivity contribution in [1.29, 1.82) is 0 Å². The molecule has 1 aliphatic heterocycles. The zero-order chi connectivity index (χ0) is 41.7. The van der Waals surface area contributed by atoms with Crippen LogP contribution in [0, 0.1) is 0 Å². The lowest BCUT2D eigenvalue weighted by Gasteiger charge is -2.24. The van der Waals surface area contributed by atoms with Gasteiger partial charge in [-0.1, -0.05) is 60.7 Å². The van der Waals surface area contributed by atoms with Crippen LogP contribution in [-0.2, 0) is 19.7 Å². The number of rotatable bonds is 7. The van der Waals surface area contributed by atoms with Crippen molar-refractivity contribution in [2.24, 2.45) is 5.73 Å². The fraction of sp³-hybridized carbons (Fsp3) is 0.143. The molecule has 3 aromatic carbocycles. The minimum absolute atomic E-state index is 0.0220. The number of fused-ring (bicyclic) bond motifs is 3. The van der Waals surface area contributed by atoms with Crippen LogP contribution in [0.15, 0.2) is 141 Å². The topological polar surface area (TPSA) is 200 Å². The average Bonchev–Trinajstić information content (AvgIpc) is 3.45. The molecule has 0 radical (unpaired) electrons. The number of benzene rings is 3. The van der Waals surface area contributed by atoms with Crippen molar-refractivity contribution >= 4 is 42.8 Å². The van der Waals surface area contributed by atoms with Crippen molar-refractivity contribution in [2.45, 2.75) is 35.7 Å². The Bertz CT molecular complexity index is 3140. The summed E-state index contributed by atoms with van der Waals surface area (Å²) in [7, 11) is -7.21. The fourth-order valence-electron chi connectivity index (χ4n) is 7.03. The molecule has 0 aliphatic carbocycles. The first-order valence-electron chi connectivity index (χ1n) is 17.8. The molecule has 2 unspecified atom stereocenters. The Kier molecular flexibility index (Phi) is 10.3. The van der Waals surface area contributed by atoms with Crippen LogP contribution in [-0.4, -0.2) is 64.8 Å². The first-order valence-corrected chi connectivity index (χ1v) is 21.6. The summed E-state index contributed by atoms with van der Waals surface area (Å²) >= 11 is 0. The number of hydrogen-bond donors (Lipinski definition) is 1. The SMILES string of the molecule is CC(N)c1nc2ccccn2c(=O)c1-c1ccccc1S(C)(=O)=O.CC(c1nc2ccccn2c(=O)c1-c1ccccc1S(C)(=O)=O)N1C(=O)c2ccccc2C1=O. The van der Waals surface area contributed by atoms with E-state index in [1.165, 1.54) is 33.2 Å². The van der Waals surface area contributed by atoms with Gasteiger partial charge < -0.3 is 5.73 Å². The van der Waals surface area contributed by atoms with Crippen molar-refractivity contribution in [2.75, 3.05) is 12.5 Å². The number of pyridine rings is 2. The zero-order valence-corrected chi connectivity index (χ0v) is 33.2. The lowest BCUT2D eigenvalue weighted by atomic mass is 10.0. The van der Waals surface area contributed by atoms with Gasteiger partial charge >= 0.3 is 0 Å². The van der Waals surface area contributed by atoms with E-state index in [9.17, 15) is 36.0 Å². The molecule has 4 aromatic heterocycles. The van der Waals surface area contributed by atoms with Gasteiger partial charge in [-0.05, 0) is 62.4 Å². The van der Waals surface area contributed by atoms with E-state index < -0.39 is 49.1 Å². The predicted molar refractivity (Wildman–Crippen MR) is 218 cm³/mol. The Morgan fingerprint density at radius 3 is 1.29 bits per heavy atom. The van der Waals surface area contributed by atoms with E-state index >= 15 is 0 Å². The van der Waals surface area contributed by atoms with E-state index in [1.54, 1.807) is 111 Å². The normalized spacial score (nSPS) is 13.9. The first-order chi connectivity index (χ1) is 27.5. The summed E-state index contributed by atoms with van der Waals surface area (Å²) in [4.78, 5) is 63.2. The van der Waals surface area contributed by atoms with Crippen LogP contribution in [0.3, 0.4) is 0 Å². The Hall–Kier alpha value is -6.62. The molecule has 2 amide bonds. The van der Waals surface area contributed by atoms with Gasteiger partial charge in [0.05, 0.1) is 49.5 Å². The van der Waals surface area contributed by atoms with Crippen LogP contribution in [0.5, 0.6) is 0 Å². The first kappa shape index (κ1) is 39.6. The summed E-state index contributed by atoms with van der Waals surface area (Å²) < 4.78 is 52.0. The number of nitrogens with two attached hydrogens (primary N) is 1. The highest BCUT2D eigenvalue weighted by Gasteiger charge is 2.40. The summed E-state index contributed by atoms with van der Waals surface area (Å²) in [5.74, 6) is -0.990. The summed E-state index contributed by atoms with van der Waals surface area (Å²) in [6, 6.07) is 27.8. The molecule has 2 atom stereocenters. The lowest BCUT2D eigenvalue weighted by molar-refractivity contribution is 0.0592. The molecule has 8 rings (SSSR count). The second-order valence-electron chi connectivity index (χ2n) is 13.7. The summed E-state index contributed by atoms with van der Waals surface area (Å²) in [6.07, 6.45) is 5.31.